The van der Waals surface area contributed by atoms with Crippen LogP contribution in [-0.2, 0) is 10.2 Å². The second-order valence-electron chi connectivity index (χ2n) is 10.0. The standard InChI is InChI=1S/C23H26F2N2O/c24-23(25)17-10-20(15-4-2-1-3-5-15)13-21(11-18(23)22(17,20)21)19(28)27-12-14-6-8-16(26)9-7-14/h1-5,12,14,16-18H,6-11,13,26H2. The van der Waals surface area contributed by atoms with Gasteiger partial charge in [0.25, 0.3) is 11.8 Å². The quantitative estimate of drug-likeness (QED) is 0.798. The number of hydrogen-bond acceptors (Lipinski definition) is 2. The number of hydrogen-bond donors (Lipinski definition) is 1. The van der Waals surface area contributed by atoms with E-state index in [2.05, 4.69) is 17.1 Å². The zero-order valence-corrected chi connectivity index (χ0v) is 15.9. The second kappa shape index (κ2) is 5.10. The zero-order valence-electron chi connectivity index (χ0n) is 15.9. The number of benzene rings is 1. The van der Waals surface area contributed by atoms with Gasteiger partial charge in [-0.1, -0.05) is 30.3 Å². The van der Waals surface area contributed by atoms with E-state index < -0.39 is 28.6 Å². The van der Waals surface area contributed by atoms with Crippen LogP contribution in [0.15, 0.2) is 35.3 Å². The van der Waals surface area contributed by atoms with Crippen LogP contribution in [0.1, 0.15) is 50.5 Å². The molecule has 0 saturated heterocycles. The number of carbonyl (C=O) groups is 1. The van der Waals surface area contributed by atoms with Crippen molar-refractivity contribution in [2.24, 2.45) is 39.3 Å². The van der Waals surface area contributed by atoms with Crippen LogP contribution < -0.4 is 5.73 Å². The van der Waals surface area contributed by atoms with Gasteiger partial charge in [-0.05, 0) is 56.4 Å². The van der Waals surface area contributed by atoms with Crippen molar-refractivity contribution in [2.75, 3.05) is 0 Å². The number of alkyl halides is 2. The Labute approximate surface area is 163 Å². The molecule has 28 heavy (non-hydrogen) atoms. The Morgan fingerprint density at radius 3 is 2.43 bits per heavy atom. The molecule has 5 unspecified atom stereocenters. The van der Waals surface area contributed by atoms with Crippen molar-refractivity contribution in [1.82, 2.24) is 0 Å². The van der Waals surface area contributed by atoms with Crippen molar-refractivity contribution in [1.29, 1.82) is 0 Å². The highest BCUT2D eigenvalue weighted by molar-refractivity contribution is 5.95. The SMILES string of the molecule is NC1CCC(C=NC(=O)C23CC4C(F)(F)C5CC(c6ccccc6)(C2)C453)CC1. The van der Waals surface area contributed by atoms with Gasteiger partial charge in [-0.2, -0.15) is 0 Å². The van der Waals surface area contributed by atoms with Crippen LogP contribution in [-0.4, -0.2) is 24.1 Å². The fourth-order valence-corrected chi connectivity index (χ4v) is 8.15. The largest absolute Gasteiger partial charge is 0.328 e. The molecule has 148 valence electrons. The molecule has 0 radical (unpaired) electrons. The van der Waals surface area contributed by atoms with Crippen LogP contribution in [0.2, 0.25) is 0 Å². The first-order chi connectivity index (χ1) is 13.4. The molecule has 5 aliphatic rings. The highest BCUT2D eigenvalue weighted by atomic mass is 19.3. The first-order valence-corrected chi connectivity index (χ1v) is 10.7. The molecule has 0 aliphatic heterocycles. The van der Waals surface area contributed by atoms with Crippen molar-refractivity contribution in [3.05, 3.63) is 35.9 Å². The molecule has 5 heteroatoms. The monoisotopic (exact) mass is 384 g/mol. The van der Waals surface area contributed by atoms with E-state index >= 15 is 0 Å². The Hall–Kier alpha value is -1.62. The van der Waals surface area contributed by atoms with Crippen molar-refractivity contribution < 1.29 is 13.6 Å². The van der Waals surface area contributed by atoms with Crippen LogP contribution in [0, 0.1) is 28.6 Å². The lowest BCUT2D eigenvalue weighted by atomic mass is 9.06. The van der Waals surface area contributed by atoms with Gasteiger partial charge in [0.15, 0.2) is 0 Å². The van der Waals surface area contributed by atoms with Gasteiger partial charge in [-0.3, -0.25) is 4.79 Å². The maximum Gasteiger partial charge on any atom is 0.254 e. The van der Waals surface area contributed by atoms with E-state index in [0.717, 1.165) is 31.2 Å². The van der Waals surface area contributed by atoms with Gasteiger partial charge in [-0.15, -0.1) is 0 Å². The number of halogens is 2. The maximum absolute atomic E-state index is 14.6. The second-order valence-corrected chi connectivity index (χ2v) is 10.0. The van der Waals surface area contributed by atoms with Crippen LogP contribution in [0.5, 0.6) is 0 Å². The predicted octanol–water partition coefficient (Wildman–Crippen LogP) is 4.10. The lowest BCUT2D eigenvalue weighted by Gasteiger charge is -2.95. The first kappa shape index (κ1) is 17.3. The Morgan fingerprint density at radius 1 is 1.07 bits per heavy atom. The summed E-state index contributed by atoms with van der Waals surface area (Å²) in [5, 5.41) is 0. The molecular formula is C23H26F2N2O. The molecule has 0 bridgehead atoms. The van der Waals surface area contributed by atoms with Gasteiger partial charge in [0.05, 0.1) is 5.41 Å². The van der Waals surface area contributed by atoms with E-state index in [0.29, 0.717) is 25.2 Å². The number of nitrogens with zero attached hydrogens (tertiary/aromatic N) is 1. The van der Waals surface area contributed by atoms with Crippen LogP contribution in [0.4, 0.5) is 8.78 Å². The van der Waals surface area contributed by atoms with Gasteiger partial charge in [0, 0.05) is 34.9 Å². The molecule has 0 heterocycles. The van der Waals surface area contributed by atoms with E-state index in [1.807, 2.05) is 18.2 Å². The molecular weight excluding hydrogens is 358 g/mol. The molecule has 3 nitrogen and oxygen atoms in total. The third-order valence-electron chi connectivity index (χ3n) is 9.28. The molecule has 1 spiro atoms. The minimum absolute atomic E-state index is 0.134. The zero-order chi connectivity index (χ0) is 19.4. The molecule has 5 fully saturated rings. The van der Waals surface area contributed by atoms with Gasteiger partial charge in [-0.25, -0.2) is 13.8 Å². The lowest BCUT2D eigenvalue weighted by molar-refractivity contribution is -0.511. The molecule has 1 aromatic carbocycles. The summed E-state index contributed by atoms with van der Waals surface area (Å²) in [6.07, 6.45) is 7.19. The first-order valence-electron chi connectivity index (χ1n) is 10.7. The average molecular weight is 384 g/mol. The fraction of sp³-hybridized carbons (Fsp3) is 0.652. The minimum Gasteiger partial charge on any atom is -0.328 e. The van der Waals surface area contributed by atoms with E-state index in [1.54, 1.807) is 6.21 Å². The van der Waals surface area contributed by atoms with Crippen LogP contribution in [0.25, 0.3) is 0 Å². The molecule has 5 atom stereocenters. The Bertz CT molecular complexity index is 868. The number of carbonyl (C=O) groups excluding carboxylic acids is 1. The molecule has 5 aliphatic carbocycles. The summed E-state index contributed by atoms with van der Waals surface area (Å²) in [6, 6.07) is 10.3. The van der Waals surface area contributed by atoms with Crippen molar-refractivity contribution in [3.8, 4) is 0 Å². The third-order valence-corrected chi connectivity index (χ3v) is 9.28. The summed E-state index contributed by atoms with van der Waals surface area (Å²) < 4.78 is 29.2. The minimum atomic E-state index is -2.61. The highest BCUT2D eigenvalue weighted by Crippen LogP contribution is 3.00. The molecule has 5 saturated carbocycles. The molecule has 1 amide bonds. The fourth-order valence-electron chi connectivity index (χ4n) is 8.15. The maximum atomic E-state index is 14.6. The Morgan fingerprint density at radius 2 is 1.75 bits per heavy atom. The number of aliphatic imine (C=N–C) groups is 1. The van der Waals surface area contributed by atoms with Crippen molar-refractivity contribution in [3.63, 3.8) is 0 Å². The van der Waals surface area contributed by atoms with Gasteiger partial charge in [0.1, 0.15) is 0 Å². The van der Waals surface area contributed by atoms with Gasteiger partial charge >= 0.3 is 0 Å². The topological polar surface area (TPSA) is 55.4 Å². The van der Waals surface area contributed by atoms with Crippen LogP contribution in [0.3, 0.4) is 0 Å². The Kier molecular flexibility index (Phi) is 3.14. The highest BCUT2D eigenvalue weighted by Gasteiger charge is 3.03. The number of nitrogens with two attached hydrogens (primary N) is 1. The smallest absolute Gasteiger partial charge is 0.254 e. The summed E-state index contributed by atoms with van der Waals surface area (Å²) in [6.45, 7) is 0. The lowest BCUT2D eigenvalue weighted by Crippen LogP contribution is -2.99. The van der Waals surface area contributed by atoms with Gasteiger partial charge < -0.3 is 5.73 Å². The van der Waals surface area contributed by atoms with Crippen molar-refractivity contribution in [2.45, 2.75) is 62.3 Å². The molecule has 2 N–H and O–H groups in total. The molecule has 1 aromatic rings. The summed E-state index contributed by atoms with van der Waals surface area (Å²) in [4.78, 5) is 17.5. The number of amides is 1. The summed E-state index contributed by atoms with van der Waals surface area (Å²) in [5.41, 5.74) is 5.69. The summed E-state index contributed by atoms with van der Waals surface area (Å²) in [5.74, 6) is -3.72. The molecule has 6 rings (SSSR count). The predicted molar refractivity (Wildman–Crippen MR) is 102 cm³/mol. The summed E-state index contributed by atoms with van der Waals surface area (Å²) >= 11 is 0. The van der Waals surface area contributed by atoms with Crippen LogP contribution >= 0.6 is 0 Å². The van der Waals surface area contributed by atoms with E-state index in [1.165, 1.54) is 0 Å². The van der Waals surface area contributed by atoms with Gasteiger partial charge in [0.2, 0.25) is 0 Å². The van der Waals surface area contributed by atoms with E-state index in [4.69, 9.17) is 5.73 Å². The van der Waals surface area contributed by atoms with E-state index in [9.17, 15) is 13.6 Å². The van der Waals surface area contributed by atoms with E-state index in [-0.39, 0.29) is 17.4 Å². The summed E-state index contributed by atoms with van der Waals surface area (Å²) in [7, 11) is 0. The average Bonchev–Trinajstić information content (AvgIpc) is 2.65. The third kappa shape index (κ3) is 1.60. The Balaban J connectivity index is 1.29. The molecule has 0 aromatic heterocycles. The van der Waals surface area contributed by atoms with Crippen molar-refractivity contribution >= 4 is 12.1 Å². The normalized spacial score (nSPS) is 49.7. The number of rotatable bonds is 3.